The van der Waals surface area contributed by atoms with Crippen LogP contribution in [0.2, 0.25) is 0 Å². The maximum Gasteiger partial charge on any atom is 0.179 e. The highest BCUT2D eigenvalue weighted by Gasteiger charge is 2.41. The molecule has 0 unspecified atom stereocenters. The molecule has 39 heavy (non-hydrogen) atoms. The van der Waals surface area contributed by atoms with Crippen LogP contribution in [0.3, 0.4) is 0 Å². The van der Waals surface area contributed by atoms with E-state index in [1.54, 1.807) is 0 Å². The van der Waals surface area contributed by atoms with Gasteiger partial charge >= 0.3 is 0 Å². The van der Waals surface area contributed by atoms with E-state index in [9.17, 15) is 0 Å². The van der Waals surface area contributed by atoms with Gasteiger partial charge in [0.15, 0.2) is 8.07 Å². The molecule has 0 nitrogen and oxygen atoms in total. The minimum atomic E-state index is -2.51. The Labute approximate surface area is 239 Å². The fraction of sp³-hybridized carbons (Fsp3) is 0. The molecule has 6 aromatic carbocycles. The molecule has 0 saturated heterocycles. The van der Waals surface area contributed by atoms with Crippen molar-refractivity contribution in [3.63, 3.8) is 0 Å². The van der Waals surface area contributed by atoms with Crippen molar-refractivity contribution in [2.24, 2.45) is 0 Å². The van der Waals surface area contributed by atoms with Gasteiger partial charge in [-0.15, -0.1) is 0 Å². The van der Waals surface area contributed by atoms with Crippen molar-refractivity contribution in [1.29, 1.82) is 0 Å². The molecule has 0 spiro atoms. The number of benzene rings is 6. The standard InChI is InChI=1S/C36H26S2Si/c1-4-13-28(14-5-1)39(29-15-6-2-7-16-29,30-17-8-3-9-18-30)31-25-23-27(24-26-31)32-19-12-22-35-36(32)38-34-21-11-10-20-33(34)37-35/h1-26H. The van der Waals surface area contributed by atoms with Gasteiger partial charge in [-0.25, -0.2) is 0 Å². The first-order chi connectivity index (χ1) is 19.3. The molecule has 0 aromatic heterocycles. The maximum atomic E-state index is 2.39. The lowest BCUT2D eigenvalue weighted by molar-refractivity contribution is 1.16. The quantitative estimate of drug-likeness (QED) is 0.162. The molecule has 0 N–H and O–H groups in total. The summed E-state index contributed by atoms with van der Waals surface area (Å²) in [4.78, 5) is 5.36. The summed E-state index contributed by atoms with van der Waals surface area (Å²) in [5.74, 6) is 0. The second-order valence-electron chi connectivity index (χ2n) is 9.71. The normalized spacial score (nSPS) is 12.4. The van der Waals surface area contributed by atoms with Crippen LogP contribution >= 0.6 is 23.5 Å². The van der Waals surface area contributed by atoms with Crippen molar-refractivity contribution in [1.82, 2.24) is 0 Å². The summed E-state index contributed by atoms with van der Waals surface area (Å²) in [6.45, 7) is 0. The molecule has 0 bridgehead atoms. The molecule has 6 aromatic rings. The van der Waals surface area contributed by atoms with Gasteiger partial charge in [0.05, 0.1) is 0 Å². The number of hydrogen-bond donors (Lipinski definition) is 0. The van der Waals surface area contributed by atoms with Crippen LogP contribution in [0.15, 0.2) is 177 Å². The number of hydrogen-bond acceptors (Lipinski definition) is 2. The first kappa shape index (κ1) is 24.3. The van der Waals surface area contributed by atoms with Gasteiger partial charge in [-0.1, -0.05) is 163 Å². The van der Waals surface area contributed by atoms with Gasteiger partial charge < -0.3 is 0 Å². The van der Waals surface area contributed by atoms with Crippen molar-refractivity contribution >= 4 is 52.3 Å². The number of fused-ring (bicyclic) bond motifs is 2. The largest absolute Gasteiger partial charge is 0.179 e. The SMILES string of the molecule is c1ccc([Si](c2ccccc2)(c2ccccc2)c2ccc(-c3cccc4c3Sc3ccccc3S4)cc2)cc1. The molecule has 1 heterocycles. The molecule has 186 valence electrons. The van der Waals surface area contributed by atoms with Gasteiger partial charge in [0, 0.05) is 19.6 Å². The van der Waals surface area contributed by atoms with Gasteiger partial charge in [0.1, 0.15) is 0 Å². The van der Waals surface area contributed by atoms with Crippen molar-refractivity contribution < 1.29 is 0 Å². The van der Waals surface area contributed by atoms with E-state index in [2.05, 4.69) is 158 Å². The molecule has 1 aliphatic rings. The Kier molecular flexibility index (Phi) is 6.49. The van der Waals surface area contributed by atoms with Crippen LogP contribution in [0.4, 0.5) is 0 Å². The predicted octanol–water partition coefficient (Wildman–Crippen LogP) is 7.35. The number of rotatable bonds is 5. The van der Waals surface area contributed by atoms with E-state index < -0.39 is 8.07 Å². The van der Waals surface area contributed by atoms with Gasteiger partial charge in [-0.05, 0) is 50.1 Å². The van der Waals surface area contributed by atoms with Crippen LogP contribution in [0.5, 0.6) is 0 Å². The summed E-state index contributed by atoms with van der Waals surface area (Å²) in [5, 5.41) is 5.59. The monoisotopic (exact) mass is 550 g/mol. The van der Waals surface area contributed by atoms with Crippen molar-refractivity contribution in [2.45, 2.75) is 19.6 Å². The zero-order chi connectivity index (χ0) is 26.1. The molecule has 3 heteroatoms. The van der Waals surface area contributed by atoms with Crippen molar-refractivity contribution in [3.8, 4) is 11.1 Å². The van der Waals surface area contributed by atoms with Crippen molar-refractivity contribution in [2.75, 3.05) is 0 Å². The van der Waals surface area contributed by atoms with Crippen LogP contribution in [-0.2, 0) is 0 Å². The predicted molar refractivity (Wildman–Crippen MR) is 170 cm³/mol. The molecule has 0 atom stereocenters. The molecule has 0 radical (unpaired) electrons. The highest BCUT2D eigenvalue weighted by molar-refractivity contribution is 8.05. The zero-order valence-corrected chi connectivity index (χ0v) is 24.0. The lowest BCUT2D eigenvalue weighted by Gasteiger charge is -2.34. The molecule has 0 amide bonds. The average Bonchev–Trinajstić information content (AvgIpc) is 3.02. The molecule has 0 fully saturated rings. The first-order valence-corrected chi connectivity index (χ1v) is 16.8. The highest BCUT2D eigenvalue weighted by Crippen LogP contribution is 2.51. The summed E-state index contributed by atoms with van der Waals surface area (Å²) < 4.78 is 0. The Bertz CT molecular complexity index is 1630. The van der Waals surface area contributed by atoms with E-state index in [0.717, 1.165) is 0 Å². The van der Waals surface area contributed by atoms with Crippen LogP contribution in [0.1, 0.15) is 0 Å². The lowest BCUT2D eigenvalue weighted by Crippen LogP contribution is -2.74. The van der Waals surface area contributed by atoms with Crippen LogP contribution < -0.4 is 20.7 Å². The lowest BCUT2D eigenvalue weighted by atomic mass is 10.1. The summed E-state index contributed by atoms with van der Waals surface area (Å²) in [7, 11) is -2.51. The Morgan fingerprint density at radius 3 is 1.31 bits per heavy atom. The topological polar surface area (TPSA) is 0 Å². The minimum Gasteiger partial charge on any atom is -0.0877 e. The molecular formula is C36H26S2Si. The summed E-state index contributed by atoms with van der Waals surface area (Å²) in [6.07, 6.45) is 0. The first-order valence-electron chi connectivity index (χ1n) is 13.2. The third kappa shape index (κ3) is 4.27. The van der Waals surface area contributed by atoms with Crippen LogP contribution in [-0.4, -0.2) is 8.07 Å². The molecular weight excluding hydrogens is 525 g/mol. The average molecular weight is 551 g/mol. The molecule has 0 saturated carbocycles. The van der Waals surface area contributed by atoms with E-state index in [0.29, 0.717) is 0 Å². The summed E-state index contributed by atoms with van der Waals surface area (Å²) in [6, 6.07) is 58.2. The fourth-order valence-electron chi connectivity index (χ4n) is 5.74. The van der Waals surface area contributed by atoms with E-state index in [4.69, 9.17) is 0 Å². The smallest absolute Gasteiger partial charge is 0.0877 e. The van der Waals surface area contributed by atoms with E-state index in [1.807, 2.05) is 23.5 Å². The second-order valence-corrected chi connectivity index (χ2v) is 15.7. The maximum absolute atomic E-state index is 2.51. The Morgan fingerprint density at radius 1 is 0.333 bits per heavy atom. The Hall–Kier alpha value is -3.76. The van der Waals surface area contributed by atoms with Gasteiger partial charge in [0.25, 0.3) is 0 Å². The molecule has 7 rings (SSSR count). The molecule has 1 aliphatic heterocycles. The van der Waals surface area contributed by atoms with Crippen LogP contribution in [0, 0.1) is 0 Å². The van der Waals surface area contributed by atoms with Gasteiger partial charge in [-0.3, -0.25) is 0 Å². The second kappa shape index (κ2) is 10.4. The van der Waals surface area contributed by atoms with Gasteiger partial charge in [-0.2, -0.15) is 0 Å². The van der Waals surface area contributed by atoms with E-state index in [-0.39, 0.29) is 0 Å². The van der Waals surface area contributed by atoms with Crippen LogP contribution in [0.25, 0.3) is 11.1 Å². The third-order valence-electron chi connectivity index (χ3n) is 7.51. The Balaban J connectivity index is 1.39. The summed E-state index contributed by atoms with van der Waals surface area (Å²) in [5.41, 5.74) is 2.57. The van der Waals surface area contributed by atoms with Crippen molar-refractivity contribution in [3.05, 3.63) is 158 Å². The minimum absolute atomic E-state index is 1.26. The highest BCUT2D eigenvalue weighted by atomic mass is 32.2. The fourth-order valence-corrected chi connectivity index (χ4v) is 12.9. The third-order valence-corrected chi connectivity index (χ3v) is 14.9. The van der Waals surface area contributed by atoms with E-state index in [1.165, 1.54) is 51.5 Å². The summed E-state index contributed by atoms with van der Waals surface area (Å²) >= 11 is 3.77. The zero-order valence-electron chi connectivity index (χ0n) is 21.3. The molecule has 0 aliphatic carbocycles. The Morgan fingerprint density at radius 2 is 0.769 bits per heavy atom. The van der Waals surface area contributed by atoms with Gasteiger partial charge in [0.2, 0.25) is 0 Å². The van der Waals surface area contributed by atoms with E-state index >= 15 is 0 Å².